The van der Waals surface area contributed by atoms with Crippen molar-refractivity contribution in [1.82, 2.24) is 5.32 Å². The highest BCUT2D eigenvalue weighted by Gasteiger charge is 2.72. The summed E-state index contributed by atoms with van der Waals surface area (Å²) >= 11 is 0. The fraction of sp³-hybridized carbons (Fsp3) is 0.273. The quantitative estimate of drug-likeness (QED) is 0.0507. The highest BCUT2D eigenvalue weighted by Crippen LogP contribution is 2.55. The van der Waals surface area contributed by atoms with Crippen molar-refractivity contribution in [3.63, 3.8) is 0 Å². The van der Waals surface area contributed by atoms with Crippen LogP contribution in [0.15, 0.2) is 97.1 Å². The maximum Gasteiger partial charge on any atom is 0.318 e. The average Bonchev–Trinajstić information content (AvgIpc) is 3.57. The van der Waals surface area contributed by atoms with Gasteiger partial charge in [0, 0.05) is 24.1 Å². The van der Waals surface area contributed by atoms with Gasteiger partial charge >= 0.3 is 29.8 Å². The number of hydrogen-bond donors (Lipinski definition) is 5. The number of carbonyl (C=O) groups excluding carboxylic acids is 7. The van der Waals surface area contributed by atoms with Crippen molar-refractivity contribution >= 4 is 65.2 Å². The van der Waals surface area contributed by atoms with Crippen LogP contribution in [-0.2, 0) is 65.4 Å². The van der Waals surface area contributed by atoms with Gasteiger partial charge in [0.05, 0.1) is 35.5 Å². The van der Waals surface area contributed by atoms with Crippen molar-refractivity contribution in [2.75, 3.05) is 23.8 Å². The zero-order chi connectivity index (χ0) is 43.2. The van der Waals surface area contributed by atoms with E-state index >= 15 is 0 Å². The number of esters is 4. The van der Waals surface area contributed by atoms with E-state index in [-0.39, 0.29) is 6.47 Å². The Morgan fingerprint density at radius 2 is 1.00 bits per heavy atom. The molecule has 4 aromatic carbocycles. The molecule has 2 amide bonds. The van der Waals surface area contributed by atoms with E-state index in [4.69, 9.17) is 16.2 Å². The van der Waals surface area contributed by atoms with E-state index in [1.165, 1.54) is 23.7 Å². The second-order valence-corrected chi connectivity index (χ2v) is 14.8. The molecule has 4 fully saturated rings. The Labute approximate surface area is 343 Å². The van der Waals surface area contributed by atoms with Crippen LogP contribution in [0, 0.1) is 48.3 Å². The van der Waals surface area contributed by atoms with Gasteiger partial charge in [0.2, 0.25) is 11.8 Å². The van der Waals surface area contributed by atoms with E-state index in [9.17, 15) is 43.5 Å². The Kier molecular flexibility index (Phi) is 12.7. The minimum absolute atomic E-state index is 0.0947. The molecule has 4 unspecified atom stereocenters. The van der Waals surface area contributed by atoms with Crippen LogP contribution in [0.4, 0.5) is 17.1 Å². The summed E-state index contributed by atoms with van der Waals surface area (Å²) in [6.07, 6.45) is 0.463. The van der Waals surface area contributed by atoms with Gasteiger partial charge in [-0.05, 0) is 78.4 Å². The molecule has 0 aromatic heterocycles. The molecule has 0 spiro atoms. The van der Waals surface area contributed by atoms with Gasteiger partial charge in [0.25, 0.3) is 6.47 Å². The number of amides is 2. The zero-order valence-corrected chi connectivity index (χ0v) is 32.4. The fourth-order valence-electron chi connectivity index (χ4n) is 7.81. The molecule has 7 N–H and O–H groups in total. The third kappa shape index (κ3) is 9.02. The van der Waals surface area contributed by atoms with Gasteiger partial charge in [0.1, 0.15) is 12.0 Å². The minimum atomic E-state index is -1.31. The minimum Gasteiger partial charge on any atom is -0.481 e. The lowest BCUT2D eigenvalue weighted by Gasteiger charge is -2.45. The summed E-state index contributed by atoms with van der Waals surface area (Å²) in [4.78, 5) is 91.6. The molecule has 16 nitrogen and oxygen atoms in total. The first-order valence-corrected chi connectivity index (χ1v) is 18.9. The highest BCUT2D eigenvalue weighted by atomic mass is 16.6. The van der Waals surface area contributed by atoms with Crippen LogP contribution >= 0.6 is 0 Å². The summed E-state index contributed by atoms with van der Waals surface area (Å²) in [5, 5.41) is 14.5. The van der Waals surface area contributed by atoms with Crippen molar-refractivity contribution in [3.05, 3.63) is 125 Å². The maximum absolute atomic E-state index is 12.8. The van der Waals surface area contributed by atoms with Gasteiger partial charge in [-0.15, -0.1) is 0 Å². The third-order valence-electron chi connectivity index (χ3n) is 11.0. The second kappa shape index (κ2) is 18.1. The molecule has 2 aliphatic carbocycles. The number of cyclic esters (lactones) is 4. The average molecular weight is 819 g/mol. The molecule has 4 atom stereocenters. The first-order valence-electron chi connectivity index (χ1n) is 18.9. The fourth-order valence-corrected chi connectivity index (χ4v) is 7.81. The van der Waals surface area contributed by atoms with Crippen LogP contribution in [0.5, 0.6) is 0 Å². The lowest BCUT2D eigenvalue weighted by Crippen LogP contribution is -2.64. The highest BCUT2D eigenvalue weighted by molar-refractivity contribution is 6.10. The predicted octanol–water partition coefficient (Wildman–Crippen LogP) is 2.83. The van der Waals surface area contributed by atoms with E-state index in [0.29, 0.717) is 5.69 Å². The molecule has 2 heterocycles. The summed E-state index contributed by atoms with van der Waals surface area (Å²) in [7, 11) is 1.37. The van der Waals surface area contributed by atoms with Crippen LogP contribution in [0.25, 0.3) is 0 Å². The van der Waals surface area contributed by atoms with Gasteiger partial charge in [-0.1, -0.05) is 66.2 Å². The van der Waals surface area contributed by atoms with Gasteiger partial charge < -0.3 is 41.4 Å². The standard InChI is InChI=1S/C23H24N2O6.C13H14N2.C8H4O6/c1-13-3-5-14(6-4-13)11-15-7-9-16(10-8-15)25-22(28)17-18(21(27)24-2)20(31-12-26)19(17)23(29)30;14-12-5-1-10(2-6-12)9-11-3-7-13(15)8-4-11;9-5-1-2(6(10)13-5)4-3(1)7(11)14-8(4)12/h3-10,12,17-20H,11H2,1-2H3,(H,24,27)(H,25,28)(H,29,30);1-8H,9,14-15H2;1-4H. The molecule has 2 aliphatic heterocycles. The Bertz CT molecular complexity index is 2170. The number of aliphatic carboxylic acids is 1. The first-order chi connectivity index (χ1) is 28.7. The second-order valence-electron chi connectivity index (χ2n) is 14.8. The van der Waals surface area contributed by atoms with Crippen molar-refractivity contribution < 1.29 is 57.7 Å². The van der Waals surface area contributed by atoms with Crippen molar-refractivity contribution in [2.45, 2.75) is 25.9 Å². The van der Waals surface area contributed by atoms with Crippen LogP contribution in [0.1, 0.15) is 27.8 Å². The number of ether oxygens (including phenoxy) is 3. The number of anilines is 3. The summed E-state index contributed by atoms with van der Waals surface area (Å²) in [6, 6.07) is 31.3. The molecule has 60 heavy (non-hydrogen) atoms. The molecular weight excluding hydrogens is 777 g/mol. The number of nitrogens with two attached hydrogens (primary N) is 2. The Morgan fingerprint density at radius 3 is 1.37 bits per heavy atom. The summed E-state index contributed by atoms with van der Waals surface area (Å²) in [5.74, 6) is -12.0. The third-order valence-corrected chi connectivity index (χ3v) is 11.0. The SMILES string of the molecule is CNC(=O)C1C(OC=O)C(C(=O)O)C1C(=O)Nc1ccc(Cc2ccc(C)cc2)cc1.Nc1ccc(Cc2ccc(N)cc2)cc1.O=C1OC(=O)C2C1C1C(=O)OC(=O)C21. The van der Waals surface area contributed by atoms with Gasteiger partial charge in [-0.25, -0.2) is 0 Å². The molecule has 2 saturated carbocycles. The summed E-state index contributed by atoms with van der Waals surface area (Å²) in [5.41, 5.74) is 19.3. The van der Waals surface area contributed by atoms with Gasteiger partial charge in [0.15, 0.2) is 0 Å². The van der Waals surface area contributed by atoms with E-state index in [1.807, 2.05) is 79.7 Å². The largest absolute Gasteiger partial charge is 0.481 e. The van der Waals surface area contributed by atoms with Crippen LogP contribution < -0.4 is 22.1 Å². The summed E-state index contributed by atoms with van der Waals surface area (Å²) in [6.45, 7) is 2.12. The number of carbonyl (C=O) groups is 8. The molecule has 2 saturated heterocycles. The van der Waals surface area contributed by atoms with Gasteiger partial charge in [-0.3, -0.25) is 38.4 Å². The van der Waals surface area contributed by atoms with Gasteiger partial charge in [-0.2, -0.15) is 0 Å². The molecule has 8 rings (SSSR count). The number of carboxylic acids is 1. The summed E-state index contributed by atoms with van der Waals surface area (Å²) < 4.78 is 13.5. The monoisotopic (exact) mass is 818 g/mol. The number of nitrogens with one attached hydrogen (secondary N) is 2. The normalized spacial score (nSPS) is 24.2. The molecule has 0 bridgehead atoms. The molecule has 4 aliphatic rings. The molecule has 310 valence electrons. The lowest BCUT2D eigenvalue weighted by atomic mass is 9.59. The van der Waals surface area contributed by atoms with E-state index < -0.39 is 89.2 Å². The first kappa shape index (κ1) is 42.3. The number of benzene rings is 4. The van der Waals surface area contributed by atoms with Crippen LogP contribution in [0.3, 0.4) is 0 Å². The number of hydrogen-bond acceptors (Lipinski definition) is 13. The number of carboxylic acid groups (broad SMARTS) is 1. The zero-order valence-electron chi connectivity index (χ0n) is 32.4. The number of nitrogen functional groups attached to an aromatic ring is 2. The van der Waals surface area contributed by atoms with E-state index in [1.54, 1.807) is 12.1 Å². The topological polar surface area (TPSA) is 261 Å². The van der Waals surface area contributed by atoms with Crippen LogP contribution in [-0.4, -0.2) is 66.4 Å². The van der Waals surface area contributed by atoms with E-state index in [0.717, 1.165) is 35.3 Å². The molecular formula is C44H42N4O12. The smallest absolute Gasteiger partial charge is 0.318 e. The van der Waals surface area contributed by atoms with Crippen LogP contribution in [0.2, 0.25) is 0 Å². The van der Waals surface area contributed by atoms with Crippen molar-refractivity contribution in [1.29, 1.82) is 0 Å². The maximum atomic E-state index is 12.8. The molecule has 16 heteroatoms. The van der Waals surface area contributed by atoms with Crippen molar-refractivity contribution in [2.24, 2.45) is 41.4 Å². The number of fused-ring (bicyclic) bond motifs is 4. The molecule has 0 radical (unpaired) electrons. The van der Waals surface area contributed by atoms with Crippen molar-refractivity contribution in [3.8, 4) is 0 Å². The Balaban J connectivity index is 0.000000171. The van der Waals surface area contributed by atoms with E-state index in [2.05, 4.69) is 32.2 Å². The number of aryl methyl sites for hydroxylation is 1. The number of rotatable bonds is 10. The molecule has 4 aromatic rings. The lowest BCUT2D eigenvalue weighted by molar-refractivity contribution is -0.187. The Hall–Kier alpha value is -7.36. The predicted molar refractivity (Wildman–Crippen MR) is 213 cm³/mol. The Morgan fingerprint density at radius 1 is 0.617 bits per heavy atom.